The van der Waals surface area contributed by atoms with E-state index in [1.807, 2.05) is 24.3 Å². The summed E-state index contributed by atoms with van der Waals surface area (Å²) in [5, 5.41) is 0.590. The fraction of sp³-hybridized carbons (Fsp3) is 0.333. The van der Waals surface area contributed by atoms with Crippen LogP contribution in [0.2, 0.25) is 5.02 Å². The Balaban J connectivity index is 1.89. The van der Waals surface area contributed by atoms with E-state index >= 15 is 0 Å². The lowest BCUT2D eigenvalue weighted by Gasteiger charge is -2.30. The SMILES string of the molecule is COc1ccc(CN(C(=O)N2C[C@H](OC)C[C@@H]2C=O)c2ccc(Cl)cc2)cc1. The fourth-order valence-electron chi connectivity index (χ4n) is 3.30. The molecule has 0 radical (unpaired) electrons. The monoisotopic (exact) mass is 402 g/mol. The van der Waals surface area contributed by atoms with Crippen LogP contribution in [0.1, 0.15) is 12.0 Å². The van der Waals surface area contributed by atoms with E-state index in [0.29, 0.717) is 30.2 Å². The Hall–Kier alpha value is -2.57. The average molecular weight is 403 g/mol. The molecule has 1 saturated heterocycles. The lowest BCUT2D eigenvalue weighted by atomic mass is 10.2. The highest BCUT2D eigenvalue weighted by atomic mass is 35.5. The van der Waals surface area contributed by atoms with Crippen molar-refractivity contribution in [3.63, 3.8) is 0 Å². The molecule has 0 saturated carbocycles. The Bertz CT molecular complexity index is 810. The summed E-state index contributed by atoms with van der Waals surface area (Å²) < 4.78 is 10.6. The zero-order valence-corrected chi connectivity index (χ0v) is 16.6. The van der Waals surface area contributed by atoms with Gasteiger partial charge in [0.2, 0.25) is 0 Å². The largest absolute Gasteiger partial charge is 0.497 e. The minimum absolute atomic E-state index is 0.146. The van der Waals surface area contributed by atoms with Gasteiger partial charge < -0.3 is 19.2 Å². The van der Waals surface area contributed by atoms with Gasteiger partial charge in [0.1, 0.15) is 12.0 Å². The molecular weight excluding hydrogens is 380 g/mol. The number of methoxy groups -OCH3 is 2. The van der Waals surface area contributed by atoms with Crippen LogP contribution in [0.5, 0.6) is 5.75 Å². The molecule has 2 atom stereocenters. The van der Waals surface area contributed by atoms with E-state index in [4.69, 9.17) is 21.1 Å². The van der Waals surface area contributed by atoms with Crippen molar-refractivity contribution in [2.45, 2.75) is 25.1 Å². The van der Waals surface area contributed by atoms with Crippen LogP contribution >= 0.6 is 11.6 Å². The molecule has 0 unspecified atom stereocenters. The van der Waals surface area contributed by atoms with Crippen LogP contribution < -0.4 is 9.64 Å². The number of benzene rings is 2. The van der Waals surface area contributed by atoms with Crippen molar-refractivity contribution < 1.29 is 19.1 Å². The van der Waals surface area contributed by atoms with Crippen molar-refractivity contribution >= 4 is 29.6 Å². The molecule has 6 nitrogen and oxygen atoms in total. The Morgan fingerprint density at radius 3 is 2.43 bits per heavy atom. The van der Waals surface area contributed by atoms with Crippen molar-refractivity contribution in [2.24, 2.45) is 0 Å². The minimum atomic E-state index is -0.497. The van der Waals surface area contributed by atoms with Gasteiger partial charge in [0.25, 0.3) is 0 Å². The number of carbonyl (C=O) groups excluding carboxylic acids is 2. The van der Waals surface area contributed by atoms with Crippen molar-refractivity contribution in [3.8, 4) is 5.75 Å². The number of carbonyl (C=O) groups is 2. The maximum absolute atomic E-state index is 13.4. The predicted octanol–water partition coefficient (Wildman–Crippen LogP) is 3.76. The third-order valence-electron chi connectivity index (χ3n) is 4.91. The van der Waals surface area contributed by atoms with Crippen LogP contribution in [-0.4, -0.2) is 50.1 Å². The number of ether oxygens (including phenoxy) is 2. The molecule has 3 rings (SSSR count). The maximum atomic E-state index is 13.4. The average Bonchev–Trinajstić information content (AvgIpc) is 3.16. The van der Waals surface area contributed by atoms with Gasteiger partial charge >= 0.3 is 6.03 Å². The Labute approximate surface area is 169 Å². The summed E-state index contributed by atoms with van der Waals surface area (Å²) in [6, 6.07) is 13.9. The van der Waals surface area contributed by atoms with E-state index in [9.17, 15) is 9.59 Å². The van der Waals surface area contributed by atoms with Gasteiger partial charge in [-0.1, -0.05) is 23.7 Å². The second-order valence-corrected chi connectivity index (χ2v) is 7.08. The van der Waals surface area contributed by atoms with Crippen LogP contribution in [-0.2, 0) is 16.1 Å². The number of hydrogen-bond acceptors (Lipinski definition) is 4. The van der Waals surface area contributed by atoms with E-state index < -0.39 is 6.04 Å². The Kier molecular flexibility index (Phi) is 6.54. The number of nitrogens with zero attached hydrogens (tertiary/aromatic N) is 2. The number of urea groups is 1. The highest BCUT2D eigenvalue weighted by Gasteiger charge is 2.37. The molecule has 28 heavy (non-hydrogen) atoms. The molecule has 2 aromatic rings. The molecule has 0 bridgehead atoms. The predicted molar refractivity (Wildman–Crippen MR) is 108 cm³/mol. The summed E-state index contributed by atoms with van der Waals surface area (Å²) in [5.41, 5.74) is 1.64. The zero-order valence-electron chi connectivity index (χ0n) is 15.9. The van der Waals surface area contributed by atoms with Crippen LogP contribution in [0.4, 0.5) is 10.5 Å². The molecular formula is C21H23ClN2O4. The number of rotatable bonds is 6. The molecule has 148 valence electrons. The number of anilines is 1. The van der Waals surface area contributed by atoms with Crippen molar-refractivity contribution in [1.29, 1.82) is 0 Å². The normalized spacial score (nSPS) is 18.8. The van der Waals surface area contributed by atoms with Gasteiger partial charge in [-0.3, -0.25) is 4.90 Å². The van der Waals surface area contributed by atoms with E-state index in [2.05, 4.69) is 0 Å². The highest BCUT2D eigenvalue weighted by Crippen LogP contribution is 2.26. The number of amides is 2. The van der Waals surface area contributed by atoms with Gasteiger partial charge in [-0.2, -0.15) is 0 Å². The first-order valence-corrected chi connectivity index (χ1v) is 9.38. The standard InChI is InChI=1S/C21H23ClN2O4/c1-27-19-9-3-15(4-10-19)12-23(17-7-5-16(22)6-8-17)21(26)24-13-20(28-2)11-18(24)14-25/h3-10,14,18,20H,11-13H2,1-2H3/t18-,20-/m1/s1. The molecule has 1 aliphatic rings. The molecule has 2 amide bonds. The summed E-state index contributed by atoms with van der Waals surface area (Å²) in [6.07, 6.45) is 1.17. The maximum Gasteiger partial charge on any atom is 0.325 e. The van der Waals surface area contributed by atoms with Crippen molar-refractivity contribution in [2.75, 3.05) is 25.7 Å². The topological polar surface area (TPSA) is 59.1 Å². The summed E-state index contributed by atoms with van der Waals surface area (Å²) in [6.45, 7) is 0.732. The molecule has 1 aliphatic heterocycles. The second kappa shape index (κ2) is 9.08. The van der Waals surface area contributed by atoms with E-state index in [1.54, 1.807) is 48.3 Å². The lowest BCUT2D eigenvalue weighted by Crippen LogP contribution is -2.46. The molecule has 0 spiro atoms. The van der Waals surface area contributed by atoms with Gasteiger partial charge in [-0.25, -0.2) is 4.79 Å². The molecule has 7 heteroatoms. The van der Waals surface area contributed by atoms with Crippen LogP contribution in [0, 0.1) is 0 Å². The first kappa shape index (κ1) is 20.2. The number of halogens is 1. The molecule has 1 heterocycles. The van der Waals surface area contributed by atoms with Crippen LogP contribution in [0.3, 0.4) is 0 Å². The smallest absolute Gasteiger partial charge is 0.325 e. The molecule has 0 aliphatic carbocycles. The fourth-order valence-corrected chi connectivity index (χ4v) is 3.43. The summed E-state index contributed by atoms with van der Waals surface area (Å²) in [5.74, 6) is 0.747. The second-order valence-electron chi connectivity index (χ2n) is 6.64. The third kappa shape index (κ3) is 4.46. The van der Waals surface area contributed by atoms with Gasteiger partial charge in [0.05, 0.1) is 25.8 Å². The van der Waals surface area contributed by atoms with E-state index in [0.717, 1.165) is 17.6 Å². The van der Waals surface area contributed by atoms with Gasteiger partial charge in [0.15, 0.2) is 0 Å². The summed E-state index contributed by atoms with van der Waals surface area (Å²) in [7, 11) is 3.20. The lowest BCUT2D eigenvalue weighted by molar-refractivity contribution is -0.110. The third-order valence-corrected chi connectivity index (χ3v) is 5.16. The van der Waals surface area contributed by atoms with Crippen LogP contribution in [0.25, 0.3) is 0 Å². The first-order valence-electron chi connectivity index (χ1n) is 9.00. The summed E-state index contributed by atoms with van der Waals surface area (Å²) in [4.78, 5) is 28.1. The Morgan fingerprint density at radius 1 is 1.18 bits per heavy atom. The quantitative estimate of drug-likeness (QED) is 0.690. The summed E-state index contributed by atoms with van der Waals surface area (Å²) >= 11 is 6.01. The van der Waals surface area contributed by atoms with Crippen LogP contribution in [0.15, 0.2) is 48.5 Å². The number of aldehydes is 1. The van der Waals surface area contributed by atoms with Crippen molar-refractivity contribution in [3.05, 3.63) is 59.1 Å². The molecule has 0 N–H and O–H groups in total. The highest BCUT2D eigenvalue weighted by molar-refractivity contribution is 6.30. The number of hydrogen-bond donors (Lipinski definition) is 0. The van der Waals surface area contributed by atoms with Crippen molar-refractivity contribution in [1.82, 2.24) is 4.90 Å². The minimum Gasteiger partial charge on any atom is -0.497 e. The van der Waals surface area contributed by atoms with E-state index in [1.165, 1.54) is 0 Å². The molecule has 1 fully saturated rings. The van der Waals surface area contributed by atoms with Gasteiger partial charge in [-0.05, 0) is 42.0 Å². The zero-order chi connectivity index (χ0) is 20.1. The molecule has 2 aromatic carbocycles. The van der Waals surface area contributed by atoms with E-state index in [-0.39, 0.29) is 12.1 Å². The van der Waals surface area contributed by atoms with Gasteiger partial charge in [-0.15, -0.1) is 0 Å². The van der Waals surface area contributed by atoms with Gasteiger partial charge in [0, 0.05) is 30.8 Å². The first-order chi connectivity index (χ1) is 13.5. The number of likely N-dealkylation sites (tertiary alicyclic amines) is 1. The molecule has 0 aromatic heterocycles. The Morgan fingerprint density at radius 2 is 1.86 bits per heavy atom.